The summed E-state index contributed by atoms with van der Waals surface area (Å²) in [7, 11) is 0. The van der Waals surface area contributed by atoms with Gasteiger partial charge in [-0.05, 0) is 31.4 Å². The largest absolute Gasteiger partial charge is 0.326 e. The Morgan fingerprint density at radius 1 is 1.43 bits per heavy atom. The van der Waals surface area contributed by atoms with Gasteiger partial charge in [-0.15, -0.1) is 0 Å². The highest BCUT2D eigenvalue weighted by Gasteiger charge is 2.33. The van der Waals surface area contributed by atoms with Gasteiger partial charge in [0.05, 0.1) is 6.04 Å². The lowest BCUT2D eigenvalue weighted by atomic mass is 10.2. The molecule has 1 atom stereocenters. The fourth-order valence-corrected chi connectivity index (χ4v) is 3.09. The van der Waals surface area contributed by atoms with Crippen molar-refractivity contribution in [2.24, 2.45) is 4.99 Å². The number of carbonyl (C=O) groups is 2. The fraction of sp³-hybridized carbons (Fsp3) is 0.400. The van der Waals surface area contributed by atoms with Crippen LogP contribution in [0.5, 0.6) is 0 Å². The first-order valence-electron chi connectivity index (χ1n) is 7.02. The maximum atomic E-state index is 12.1. The lowest BCUT2D eigenvalue weighted by molar-refractivity contribution is -0.122. The second kappa shape index (κ2) is 5.89. The molecule has 1 heterocycles. The topological polar surface area (TPSA) is 70.6 Å². The van der Waals surface area contributed by atoms with Crippen molar-refractivity contribution in [2.75, 3.05) is 5.32 Å². The number of aryl methyl sites for hydroxylation is 1. The summed E-state index contributed by atoms with van der Waals surface area (Å²) in [6.45, 7) is 1.94. The summed E-state index contributed by atoms with van der Waals surface area (Å²) in [6, 6.07) is 7.96. The molecule has 2 aliphatic rings. The van der Waals surface area contributed by atoms with Crippen LogP contribution in [-0.4, -0.2) is 28.3 Å². The van der Waals surface area contributed by atoms with Crippen LogP contribution in [0.2, 0.25) is 0 Å². The van der Waals surface area contributed by atoms with Gasteiger partial charge in [-0.2, -0.15) is 0 Å². The molecule has 6 heteroatoms. The number of para-hydroxylation sites is 1. The smallest absolute Gasteiger partial charge is 0.240 e. The minimum Gasteiger partial charge on any atom is -0.326 e. The average Bonchev–Trinajstić information content (AvgIpc) is 3.18. The van der Waals surface area contributed by atoms with Gasteiger partial charge < -0.3 is 10.6 Å². The first-order chi connectivity index (χ1) is 10.1. The molecule has 0 radical (unpaired) electrons. The van der Waals surface area contributed by atoms with E-state index < -0.39 is 0 Å². The molecule has 2 amide bonds. The van der Waals surface area contributed by atoms with Crippen molar-refractivity contribution in [3.8, 4) is 0 Å². The van der Waals surface area contributed by atoms with Crippen molar-refractivity contribution in [1.29, 1.82) is 0 Å². The molecular formula is C15H17N3O2S. The molecule has 2 N–H and O–H groups in total. The fourth-order valence-electron chi connectivity index (χ4n) is 2.05. The second-order valence-electron chi connectivity index (χ2n) is 5.33. The third-order valence-electron chi connectivity index (χ3n) is 3.41. The standard InChI is InChI=1S/C15H17N3O2S/c1-9-4-2-3-5-11(9)17-13(19)8-12-14(20)18-15(21-12)16-10-6-7-10/h2-5,10,12H,6-8H2,1H3,(H,17,19)(H,16,18,20). The summed E-state index contributed by atoms with van der Waals surface area (Å²) in [6.07, 6.45) is 2.35. The molecule has 110 valence electrons. The normalized spacial score (nSPS) is 23.2. The van der Waals surface area contributed by atoms with Crippen LogP contribution in [0.25, 0.3) is 0 Å². The molecule has 1 aromatic rings. The van der Waals surface area contributed by atoms with Crippen molar-refractivity contribution in [2.45, 2.75) is 37.5 Å². The SMILES string of the molecule is Cc1ccccc1NC(=O)CC1SC(=NC2CC2)NC1=O. The minimum atomic E-state index is -0.383. The number of aliphatic imine (C=N–C) groups is 1. The molecule has 21 heavy (non-hydrogen) atoms. The maximum Gasteiger partial charge on any atom is 0.240 e. The highest BCUT2D eigenvalue weighted by Crippen LogP contribution is 2.29. The molecule has 1 aliphatic heterocycles. The Morgan fingerprint density at radius 3 is 2.90 bits per heavy atom. The number of amides is 2. The molecule has 1 unspecified atom stereocenters. The van der Waals surface area contributed by atoms with Crippen molar-refractivity contribution in [3.63, 3.8) is 0 Å². The highest BCUT2D eigenvalue weighted by atomic mass is 32.2. The Labute approximate surface area is 127 Å². The Bertz CT molecular complexity index is 611. The molecule has 5 nitrogen and oxygen atoms in total. The zero-order valence-electron chi connectivity index (χ0n) is 11.8. The van der Waals surface area contributed by atoms with Crippen molar-refractivity contribution >= 4 is 34.4 Å². The van der Waals surface area contributed by atoms with E-state index in [1.54, 1.807) is 0 Å². The van der Waals surface area contributed by atoms with Crippen LogP contribution in [0.1, 0.15) is 24.8 Å². The van der Waals surface area contributed by atoms with Gasteiger partial charge in [0.1, 0.15) is 5.25 Å². The monoisotopic (exact) mass is 303 g/mol. The van der Waals surface area contributed by atoms with E-state index in [1.807, 2.05) is 31.2 Å². The predicted octanol–water partition coefficient (Wildman–Crippen LogP) is 2.07. The molecule has 1 saturated heterocycles. The number of nitrogens with one attached hydrogen (secondary N) is 2. The molecule has 0 aromatic heterocycles. The Balaban J connectivity index is 1.57. The minimum absolute atomic E-state index is 0.126. The first kappa shape index (κ1) is 14.1. The van der Waals surface area contributed by atoms with Crippen LogP contribution in [-0.2, 0) is 9.59 Å². The van der Waals surface area contributed by atoms with Gasteiger partial charge in [-0.3, -0.25) is 14.6 Å². The number of amidine groups is 1. The van der Waals surface area contributed by atoms with Crippen molar-refractivity contribution in [1.82, 2.24) is 5.32 Å². The van der Waals surface area contributed by atoms with Gasteiger partial charge in [-0.1, -0.05) is 30.0 Å². The van der Waals surface area contributed by atoms with Crippen LogP contribution in [0, 0.1) is 6.92 Å². The Morgan fingerprint density at radius 2 is 2.19 bits per heavy atom. The number of benzene rings is 1. The molecule has 0 bridgehead atoms. The number of rotatable bonds is 4. The van der Waals surface area contributed by atoms with E-state index in [0.717, 1.165) is 24.1 Å². The zero-order valence-corrected chi connectivity index (χ0v) is 12.6. The lowest BCUT2D eigenvalue weighted by Crippen LogP contribution is -2.28. The van der Waals surface area contributed by atoms with Gasteiger partial charge in [0.15, 0.2) is 5.17 Å². The van der Waals surface area contributed by atoms with Gasteiger partial charge in [0.2, 0.25) is 11.8 Å². The van der Waals surface area contributed by atoms with Gasteiger partial charge in [-0.25, -0.2) is 0 Å². The Hall–Kier alpha value is -1.82. The van der Waals surface area contributed by atoms with Gasteiger partial charge in [0, 0.05) is 12.1 Å². The predicted molar refractivity (Wildman–Crippen MR) is 84.4 cm³/mol. The van der Waals surface area contributed by atoms with Crippen LogP contribution in [0.15, 0.2) is 29.3 Å². The van der Waals surface area contributed by atoms with Gasteiger partial charge >= 0.3 is 0 Å². The maximum absolute atomic E-state index is 12.1. The highest BCUT2D eigenvalue weighted by molar-refractivity contribution is 8.15. The lowest BCUT2D eigenvalue weighted by Gasteiger charge is -2.09. The molecule has 0 spiro atoms. The number of anilines is 1. The van der Waals surface area contributed by atoms with E-state index >= 15 is 0 Å². The van der Waals surface area contributed by atoms with Crippen molar-refractivity contribution < 1.29 is 9.59 Å². The molecular weight excluding hydrogens is 286 g/mol. The van der Waals surface area contributed by atoms with E-state index in [2.05, 4.69) is 15.6 Å². The number of hydrogen-bond donors (Lipinski definition) is 2. The molecule has 1 saturated carbocycles. The number of thioether (sulfide) groups is 1. The van der Waals surface area contributed by atoms with E-state index in [1.165, 1.54) is 11.8 Å². The summed E-state index contributed by atoms with van der Waals surface area (Å²) in [5.74, 6) is -0.274. The molecule has 3 rings (SSSR count). The Kier molecular flexibility index (Phi) is 3.96. The third kappa shape index (κ3) is 3.64. The number of carbonyl (C=O) groups excluding carboxylic acids is 2. The van der Waals surface area contributed by atoms with E-state index in [4.69, 9.17) is 0 Å². The molecule has 2 fully saturated rings. The summed E-state index contributed by atoms with van der Waals surface area (Å²) < 4.78 is 0. The van der Waals surface area contributed by atoms with Crippen LogP contribution < -0.4 is 10.6 Å². The zero-order chi connectivity index (χ0) is 14.8. The van der Waals surface area contributed by atoms with Crippen molar-refractivity contribution in [3.05, 3.63) is 29.8 Å². The summed E-state index contributed by atoms with van der Waals surface area (Å²) >= 11 is 1.36. The van der Waals surface area contributed by atoms with Crippen LogP contribution in [0.4, 0.5) is 5.69 Å². The summed E-state index contributed by atoms with van der Waals surface area (Å²) in [4.78, 5) is 28.3. The second-order valence-corrected chi connectivity index (χ2v) is 6.52. The summed E-state index contributed by atoms with van der Waals surface area (Å²) in [5.41, 5.74) is 1.79. The van der Waals surface area contributed by atoms with Crippen LogP contribution in [0.3, 0.4) is 0 Å². The quantitative estimate of drug-likeness (QED) is 0.894. The van der Waals surface area contributed by atoms with Crippen LogP contribution >= 0.6 is 11.8 Å². The van der Waals surface area contributed by atoms with E-state index in [-0.39, 0.29) is 23.5 Å². The van der Waals surface area contributed by atoms with E-state index in [9.17, 15) is 9.59 Å². The third-order valence-corrected chi connectivity index (χ3v) is 4.51. The number of nitrogens with zero attached hydrogens (tertiary/aromatic N) is 1. The summed E-state index contributed by atoms with van der Waals surface area (Å²) in [5, 5.41) is 5.88. The first-order valence-corrected chi connectivity index (χ1v) is 7.90. The average molecular weight is 303 g/mol. The van der Waals surface area contributed by atoms with E-state index in [0.29, 0.717) is 11.2 Å². The molecule has 1 aromatic carbocycles. The molecule has 1 aliphatic carbocycles. The number of hydrogen-bond acceptors (Lipinski definition) is 4. The van der Waals surface area contributed by atoms with Gasteiger partial charge in [0.25, 0.3) is 0 Å².